The molecule has 0 N–H and O–H groups in total. The van der Waals surface area contributed by atoms with Gasteiger partial charge >= 0.3 is 0 Å². The summed E-state index contributed by atoms with van der Waals surface area (Å²) in [6, 6.07) is 2.63. The van der Waals surface area contributed by atoms with Gasteiger partial charge in [-0.05, 0) is 0 Å². The normalized spacial score (nSPS) is 11.4. The number of benzene rings is 1. The SMILES string of the molecule is COc1cc([N+](=O)[O-])cc(Br)c1CC(Cl)(Cl)Cl. The first-order valence-corrected chi connectivity index (χ1v) is 6.25. The summed E-state index contributed by atoms with van der Waals surface area (Å²) in [4.78, 5) is 10.1. The average molecular weight is 363 g/mol. The minimum Gasteiger partial charge on any atom is -0.496 e. The summed E-state index contributed by atoms with van der Waals surface area (Å²) < 4.78 is 4.03. The molecule has 0 aromatic heterocycles. The predicted octanol–water partition coefficient (Wildman–Crippen LogP) is 4.28. The van der Waals surface area contributed by atoms with Crippen LogP contribution in [-0.4, -0.2) is 15.8 Å². The zero-order chi connectivity index (χ0) is 13.2. The molecule has 0 heterocycles. The van der Waals surface area contributed by atoms with Crippen LogP contribution in [0.3, 0.4) is 0 Å². The van der Waals surface area contributed by atoms with Gasteiger partial charge in [0.2, 0.25) is 0 Å². The molecule has 0 fully saturated rings. The van der Waals surface area contributed by atoms with Crippen LogP contribution in [-0.2, 0) is 6.42 Å². The first-order chi connectivity index (χ1) is 7.74. The lowest BCUT2D eigenvalue weighted by atomic mass is 10.1. The number of nitro benzene ring substituents is 1. The number of halogens is 4. The zero-order valence-corrected chi connectivity index (χ0v) is 12.4. The van der Waals surface area contributed by atoms with E-state index in [9.17, 15) is 10.1 Å². The highest BCUT2D eigenvalue weighted by atomic mass is 79.9. The van der Waals surface area contributed by atoms with Crippen LogP contribution in [0.2, 0.25) is 0 Å². The Labute approximate surface area is 121 Å². The second kappa shape index (κ2) is 5.61. The van der Waals surface area contributed by atoms with E-state index < -0.39 is 8.72 Å². The van der Waals surface area contributed by atoms with Gasteiger partial charge in [0, 0.05) is 22.5 Å². The van der Waals surface area contributed by atoms with Gasteiger partial charge in [0.1, 0.15) is 5.75 Å². The van der Waals surface area contributed by atoms with Crippen molar-refractivity contribution in [2.75, 3.05) is 7.11 Å². The van der Waals surface area contributed by atoms with E-state index in [1.807, 2.05) is 0 Å². The molecule has 0 unspecified atom stereocenters. The van der Waals surface area contributed by atoms with Gasteiger partial charge in [-0.3, -0.25) is 10.1 Å². The number of non-ortho nitro benzene ring substituents is 1. The Morgan fingerprint density at radius 3 is 2.47 bits per heavy atom. The lowest BCUT2D eigenvalue weighted by molar-refractivity contribution is -0.385. The summed E-state index contributed by atoms with van der Waals surface area (Å²) in [6.45, 7) is 0. The minimum absolute atomic E-state index is 0.0828. The number of nitro groups is 1. The smallest absolute Gasteiger partial charge is 0.274 e. The number of ether oxygens (including phenoxy) is 1. The van der Waals surface area contributed by atoms with Crippen LogP contribution >= 0.6 is 50.7 Å². The van der Waals surface area contributed by atoms with Gasteiger partial charge in [-0.25, -0.2) is 0 Å². The summed E-state index contributed by atoms with van der Waals surface area (Å²) in [5.41, 5.74) is 0.472. The highest BCUT2D eigenvalue weighted by Gasteiger charge is 2.26. The molecule has 0 amide bonds. The molecule has 1 aromatic rings. The monoisotopic (exact) mass is 361 g/mol. The average Bonchev–Trinajstić information content (AvgIpc) is 2.18. The van der Waals surface area contributed by atoms with E-state index >= 15 is 0 Å². The molecule has 0 saturated heterocycles. The third-order valence-corrected chi connectivity index (χ3v) is 3.06. The summed E-state index contributed by atoms with van der Waals surface area (Å²) >= 11 is 20.3. The maximum atomic E-state index is 10.7. The largest absolute Gasteiger partial charge is 0.496 e. The molecule has 0 atom stereocenters. The van der Waals surface area contributed by atoms with E-state index in [2.05, 4.69) is 15.9 Å². The van der Waals surface area contributed by atoms with Crippen LogP contribution in [0, 0.1) is 10.1 Å². The minimum atomic E-state index is -1.49. The first-order valence-electron chi connectivity index (χ1n) is 4.32. The number of rotatable bonds is 3. The van der Waals surface area contributed by atoms with E-state index in [0.29, 0.717) is 15.8 Å². The quantitative estimate of drug-likeness (QED) is 0.458. The van der Waals surface area contributed by atoms with Crippen molar-refractivity contribution in [1.29, 1.82) is 0 Å². The standard InChI is InChI=1S/C9H7BrCl3NO3/c1-17-8-3-5(14(15)16)2-7(10)6(8)4-9(11,12)13/h2-3H,4H2,1H3. The van der Waals surface area contributed by atoms with Gasteiger partial charge in [0.15, 0.2) is 3.79 Å². The fourth-order valence-corrected chi connectivity index (χ4v) is 2.23. The number of hydrogen-bond donors (Lipinski definition) is 0. The van der Waals surface area contributed by atoms with Crippen LogP contribution in [0.25, 0.3) is 0 Å². The van der Waals surface area contributed by atoms with Gasteiger partial charge in [-0.2, -0.15) is 0 Å². The van der Waals surface area contributed by atoms with Crippen molar-refractivity contribution in [1.82, 2.24) is 0 Å². The summed E-state index contributed by atoms with van der Waals surface area (Å²) in [5, 5.41) is 10.7. The Bertz CT molecular complexity index is 448. The summed E-state index contributed by atoms with van der Waals surface area (Å²) in [6.07, 6.45) is 0.0828. The summed E-state index contributed by atoms with van der Waals surface area (Å²) in [7, 11) is 1.40. The predicted molar refractivity (Wildman–Crippen MR) is 71.3 cm³/mol. The van der Waals surface area contributed by atoms with Gasteiger partial charge in [-0.1, -0.05) is 50.7 Å². The first kappa shape index (κ1) is 14.8. The van der Waals surface area contributed by atoms with Gasteiger partial charge < -0.3 is 4.74 Å². The van der Waals surface area contributed by atoms with Crippen molar-refractivity contribution < 1.29 is 9.66 Å². The fourth-order valence-electron chi connectivity index (χ4n) is 1.26. The molecule has 17 heavy (non-hydrogen) atoms. The molecular weight excluding hydrogens is 356 g/mol. The molecule has 0 aliphatic rings. The van der Waals surface area contributed by atoms with Gasteiger partial charge in [0.25, 0.3) is 5.69 Å². The third-order valence-electron chi connectivity index (χ3n) is 1.95. The molecule has 0 spiro atoms. The number of methoxy groups -OCH3 is 1. The fraction of sp³-hybridized carbons (Fsp3) is 0.333. The lowest BCUT2D eigenvalue weighted by Crippen LogP contribution is -2.09. The van der Waals surface area contributed by atoms with Crippen molar-refractivity contribution in [2.24, 2.45) is 0 Å². The molecule has 8 heteroatoms. The van der Waals surface area contributed by atoms with E-state index in [1.54, 1.807) is 0 Å². The molecule has 0 saturated carbocycles. The van der Waals surface area contributed by atoms with E-state index in [1.165, 1.54) is 19.2 Å². The topological polar surface area (TPSA) is 52.4 Å². The number of alkyl halides is 3. The van der Waals surface area contributed by atoms with Crippen molar-refractivity contribution in [3.8, 4) is 5.75 Å². The van der Waals surface area contributed by atoms with Crippen LogP contribution < -0.4 is 4.74 Å². The second-order valence-corrected chi connectivity index (χ2v) is 6.53. The van der Waals surface area contributed by atoms with Gasteiger partial charge in [0.05, 0.1) is 18.1 Å². The highest BCUT2D eigenvalue weighted by molar-refractivity contribution is 9.10. The van der Waals surface area contributed by atoms with E-state index in [0.717, 1.165) is 0 Å². The Morgan fingerprint density at radius 1 is 1.47 bits per heavy atom. The summed E-state index contributed by atoms with van der Waals surface area (Å²) in [5.74, 6) is 0.303. The molecule has 1 rings (SSSR count). The van der Waals surface area contributed by atoms with Crippen molar-refractivity contribution in [3.63, 3.8) is 0 Å². The van der Waals surface area contributed by atoms with E-state index in [-0.39, 0.29) is 12.1 Å². The van der Waals surface area contributed by atoms with Crippen molar-refractivity contribution >= 4 is 56.4 Å². The Morgan fingerprint density at radius 2 is 2.06 bits per heavy atom. The molecule has 0 aliphatic heterocycles. The lowest BCUT2D eigenvalue weighted by Gasteiger charge is -2.15. The second-order valence-electron chi connectivity index (χ2n) is 3.16. The molecular formula is C9H7BrCl3NO3. The van der Waals surface area contributed by atoms with E-state index in [4.69, 9.17) is 39.5 Å². The van der Waals surface area contributed by atoms with Crippen LogP contribution in [0.5, 0.6) is 5.75 Å². The highest BCUT2D eigenvalue weighted by Crippen LogP contribution is 2.39. The maximum absolute atomic E-state index is 10.7. The van der Waals surface area contributed by atoms with Crippen molar-refractivity contribution in [3.05, 3.63) is 32.3 Å². The number of nitrogens with zero attached hydrogens (tertiary/aromatic N) is 1. The number of hydrogen-bond acceptors (Lipinski definition) is 3. The Kier molecular flexibility index (Phi) is 4.89. The molecule has 1 aromatic carbocycles. The van der Waals surface area contributed by atoms with Crippen LogP contribution in [0.15, 0.2) is 16.6 Å². The van der Waals surface area contributed by atoms with Crippen LogP contribution in [0.4, 0.5) is 5.69 Å². The Balaban J connectivity index is 3.26. The molecule has 4 nitrogen and oxygen atoms in total. The molecule has 0 bridgehead atoms. The zero-order valence-electron chi connectivity index (χ0n) is 8.55. The molecule has 0 radical (unpaired) electrons. The third kappa shape index (κ3) is 4.17. The molecule has 0 aliphatic carbocycles. The Hall–Kier alpha value is -0.230. The maximum Gasteiger partial charge on any atom is 0.274 e. The van der Waals surface area contributed by atoms with Gasteiger partial charge in [-0.15, -0.1) is 0 Å². The molecule has 94 valence electrons. The van der Waals surface area contributed by atoms with Crippen LogP contribution in [0.1, 0.15) is 5.56 Å². The van der Waals surface area contributed by atoms with Crippen molar-refractivity contribution in [2.45, 2.75) is 10.2 Å².